The molecule has 5 nitrogen and oxygen atoms in total. The molecule has 1 aromatic carbocycles. The Kier molecular flexibility index (Phi) is 4.46. The van der Waals surface area contributed by atoms with E-state index in [1.165, 1.54) is 4.68 Å². The second-order valence-corrected chi connectivity index (χ2v) is 4.37. The number of carbonyl (C=O) groups excluding carboxylic acids is 1. The highest BCUT2D eigenvalue weighted by molar-refractivity contribution is 7.71. The Balaban J connectivity index is 2.09. The number of hydrogen-bond donors (Lipinski definition) is 1. The summed E-state index contributed by atoms with van der Waals surface area (Å²) < 4.78 is 6.75. The average Bonchev–Trinajstić information content (AvgIpc) is 2.71. The number of nitrogens with one attached hydrogen (secondary N) is 1. The first-order chi connectivity index (χ1) is 9.19. The van der Waals surface area contributed by atoms with Crippen LogP contribution in [-0.2, 0) is 22.5 Å². The number of benzene rings is 1. The molecule has 0 amide bonds. The van der Waals surface area contributed by atoms with Gasteiger partial charge in [-0.25, -0.2) is 9.67 Å². The lowest BCUT2D eigenvalue weighted by Crippen LogP contribution is -2.14. The maximum atomic E-state index is 11.4. The van der Waals surface area contributed by atoms with Crippen LogP contribution in [0.25, 0.3) is 0 Å². The van der Waals surface area contributed by atoms with Crippen molar-refractivity contribution < 1.29 is 9.53 Å². The molecule has 0 atom stereocenters. The van der Waals surface area contributed by atoms with E-state index in [0.717, 1.165) is 11.4 Å². The maximum absolute atomic E-state index is 11.4. The summed E-state index contributed by atoms with van der Waals surface area (Å²) >= 11 is 5.10. The number of H-pyrrole nitrogens is 1. The molecule has 0 unspecified atom stereocenters. The predicted octanol–water partition coefficient (Wildman–Crippen LogP) is 2.09. The highest BCUT2D eigenvalue weighted by Crippen LogP contribution is 2.05. The van der Waals surface area contributed by atoms with Crippen LogP contribution in [0.3, 0.4) is 0 Å². The van der Waals surface area contributed by atoms with Crippen LogP contribution < -0.4 is 0 Å². The van der Waals surface area contributed by atoms with Crippen molar-refractivity contribution in [2.24, 2.45) is 0 Å². The van der Waals surface area contributed by atoms with Crippen LogP contribution in [0, 0.1) is 4.77 Å². The van der Waals surface area contributed by atoms with E-state index in [9.17, 15) is 4.79 Å². The van der Waals surface area contributed by atoms with Crippen molar-refractivity contribution in [2.75, 3.05) is 6.61 Å². The van der Waals surface area contributed by atoms with E-state index in [1.54, 1.807) is 6.92 Å². The van der Waals surface area contributed by atoms with Crippen molar-refractivity contribution in [2.45, 2.75) is 19.9 Å². The molecule has 6 heteroatoms. The zero-order valence-electron chi connectivity index (χ0n) is 10.6. The molecule has 0 radical (unpaired) electrons. The van der Waals surface area contributed by atoms with Crippen molar-refractivity contribution in [3.63, 3.8) is 0 Å². The fraction of sp³-hybridized carbons (Fsp3) is 0.308. The zero-order valence-corrected chi connectivity index (χ0v) is 11.4. The molecule has 100 valence electrons. The average molecular weight is 277 g/mol. The topological polar surface area (TPSA) is 59.9 Å². The number of rotatable bonds is 5. The second-order valence-electron chi connectivity index (χ2n) is 4.01. The molecule has 0 saturated heterocycles. The molecule has 2 rings (SSSR count). The molecule has 1 aromatic heterocycles. The van der Waals surface area contributed by atoms with E-state index in [1.807, 2.05) is 30.3 Å². The quantitative estimate of drug-likeness (QED) is 0.671. The molecule has 0 aliphatic carbocycles. The summed E-state index contributed by atoms with van der Waals surface area (Å²) in [7, 11) is 0. The smallest absolute Gasteiger partial charge is 0.327 e. The number of hydrogen-bond acceptors (Lipinski definition) is 4. The van der Waals surface area contributed by atoms with Gasteiger partial charge in [0.15, 0.2) is 0 Å². The molecule has 2 aromatic rings. The summed E-state index contributed by atoms with van der Waals surface area (Å²) in [4.78, 5) is 15.6. The molecule has 1 heterocycles. The summed E-state index contributed by atoms with van der Waals surface area (Å²) in [6, 6.07) is 9.94. The number of carbonyl (C=O) groups is 1. The van der Waals surface area contributed by atoms with Gasteiger partial charge in [-0.2, -0.15) is 0 Å². The molecule has 0 aliphatic rings. The number of aromatic amines is 1. The molecule has 0 fully saturated rings. The highest BCUT2D eigenvalue weighted by Gasteiger charge is 2.08. The van der Waals surface area contributed by atoms with Crippen molar-refractivity contribution in [1.82, 2.24) is 14.8 Å². The van der Waals surface area contributed by atoms with Gasteiger partial charge in [0.1, 0.15) is 12.4 Å². The van der Waals surface area contributed by atoms with Gasteiger partial charge in [-0.1, -0.05) is 30.3 Å². The molecular weight excluding hydrogens is 262 g/mol. The maximum Gasteiger partial charge on any atom is 0.327 e. The van der Waals surface area contributed by atoms with Crippen LogP contribution >= 0.6 is 12.2 Å². The Labute approximate surface area is 116 Å². The first kappa shape index (κ1) is 13.5. The number of aromatic nitrogens is 3. The molecular formula is C13H15N3O2S. The summed E-state index contributed by atoms with van der Waals surface area (Å²) in [5.74, 6) is 0.411. The molecule has 0 aliphatic heterocycles. The van der Waals surface area contributed by atoms with Gasteiger partial charge in [-0.15, -0.1) is 0 Å². The van der Waals surface area contributed by atoms with Crippen LogP contribution in [0.4, 0.5) is 0 Å². The minimum absolute atomic E-state index is 0.0640. The lowest BCUT2D eigenvalue weighted by atomic mass is 10.1. The minimum atomic E-state index is -0.325. The molecule has 0 bridgehead atoms. The Hall–Kier alpha value is -1.95. The first-order valence-corrected chi connectivity index (χ1v) is 6.45. The number of ether oxygens (including phenoxy) is 1. The first-order valence-electron chi connectivity index (χ1n) is 6.04. The third-order valence-corrected chi connectivity index (χ3v) is 2.84. The van der Waals surface area contributed by atoms with Gasteiger partial charge < -0.3 is 4.74 Å². The third kappa shape index (κ3) is 3.75. The van der Waals surface area contributed by atoms with Gasteiger partial charge >= 0.3 is 5.97 Å². The number of esters is 1. The van der Waals surface area contributed by atoms with Gasteiger partial charge in [0.05, 0.1) is 6.61 Å². The zero-order chi connectivity index (χ0) is 13.7. The Morgan fingerprint density at radius 3 is 2.84 bits per heavy atom. The standard InChI is InChI=1S/C13H15N3O2S/c1-2-18-12(17)9-16-13(19)14-11(15-16)8-10-6-4-3-5-7-10/h3-7H,2,8-9H2,1H3,(H,14,15,19). The summed E-state index contributed by atoms with van der Waals surface area (Å²) in [6.07, 6.45) is 0.653. The van der Waals surface area contributed by atoms with Gasteiger partial charge in [0, 0.05) is 6.42 Å². The van der Waals surface area contributed by atoms with Crippen LogP contribution in [0.2, 0.25) is 0 Å². The Morgan fingerprint density at radius 2 is 2.16 bits per heavy atom. The predicted molar refractivity (Wildman–Crippen MR) is 73.3 cm³/mol. The van der Waals surface area contributed by atoms with Crippen LogP contribution in [0.5, 0.6) is 0 Å². The van der Waals surface area contributed by atoms with E-state index < -0.39 is 0 Å². The Bertz CT molecular complexity index is 604. The SMILES string of the molecule is CCOC(=O)Cn1[nH]c(Cc2ccccc2)nc1=S. The van der Waals surface area contributed by atoms with E-state index >= 15 is 0 Å². The van der Waals surface area contributed by atoms with E-state index in [0.29, 0.717) is 17.8 Å². The van der Waals surface area contributed by atoms with Crippen molar-refractivity contribution >= 4 is 18.2 Å². The molecule has 19 heavy (non-hydrogen) atoms. The fourth-order valence-electron chi connectivity index (χ4n) is 1.72. The van der Waals surface area contributed by atoms with Crippen LogP contribution in [0.1, 0.15) is 18.3 Å². The monoisotopic (exact) mass is 277 g/mol. The normalized spacial score (nSPS) is 10.4. The van der Waals surface area contributed by atoms with E-state index in [4.69, 9.17) is 17.0 Å². The number of nitrogens with zero attached hydrogens (tertiary/aromatic N) is 2. The fourth-order valence-corrected chi connectivity index (χ4v) is 1.94. The minimum Gasteiger partial charge on any atom is -0.465 e. The van der Waals surface area contributed by atoms with Gasteiger partial charge in [0.2, 0.25) is 4.77 Å². The summed E-state index contributed by atoms with van der Waals surface area (Å²) in [6.45, 7) is 2.19. The second kappa shape index (κ2) is 6.29. The molecule has 0 saturated carbocycles. The van der Waals surface area contributed by atoms with Crippen molar-refractivity contribution in [3.05, 3.63) is 46.5 Å². The third-order valence-electron chi connectivity index (χ3n) is 2.53. The lowest BCUT2D eigenvalue weighted by Gasteiger charge is -2.02. The summed E-state index contributed by atoms with van der Waals surface area (Å²) in [5, 5.41) is 3.02. The largest absolute Gasteiger partial charge is 0.465 e. The van der Waals surface area contributed by atoms with Gasteiger partial charge in [-0.3, -0.25) is 9.89 Å². The highest BCUT2D eigenvalue weighted by atomic mass is 32.1. The molecule has 1 N–H and O–H groups in total. The van der Waals surface area contributed by atoms with Crippen LogP contribution in [0.15, 0.2) is 30.3 Å². The van der Waals surface area contributed by atoms with E-state index in [2.05, 4.69) is 10.1 Å². The van der Waals surface area contributed by atoms with Gasteiger partial charge in [0.25, 0.3) is 0 Å². The van der Waals surface area contributed by atoms with Crippen molar-refractivity contribution in [1.29, 1.82) is 0 Å². The Morgan fingerprint density at radius 1 is 1.42 bits per heavy atom. The van der Waals surface area contributed by atoms with Crippen LogP contribution in [-0.4, -0.2) is 27.3 Å². The van der Waals surface area contributed by atoms with Gasteiger partial charge in [-0.05, 0) is 24.7 Å². The van der Waals surface area contributed by atoms with Crippen molar-refractivity contribution in [3.8, 4) is 0 Å². The van der Waals surface area contributed by atoms with E-state index in [-0.39, 0.29) is 12.5 Å². The summed E-state index contributed by atoms with van der Waals surface area (Å²) in [5.41, 5.74) is 1.13. The molecule has 0 spiro atoms. The lowest BCUT2D eigenvalue weighted by molar-refractivity contribution is -0.144.